The second-order valence-electron chi connectivity index (χ2n) is 6.64. The minimum absolute atomic E-state index is 0.221. The highest BCUT2D eigenvalue weighted by Crippen LogP contribution is 2.39. The molecule has 0 bridgehead atoms. The van der Waals surface area contributed by atoms with Crippen LogP contribution in [-0.2, 0) is 7.05 Å². The molecule has 4 rings (SSSR count). The largest absolute Gasteiger partial charge is 0.369 e. The smallest absolute Gasteiger partial charge is 0.270 e. The standard InChI is InChI=1S/C17H17BrN4O/c1-21-14-6-11(18)2-3-12(14)15(13(7-19)16(21)23)22-5-4-17(10-22)8-20-9-17/h2-3,6,20H,4-5,8-10H2,1H3. The molecule has 3 heterocycles. The molecule has 1 spiro atoms. The van der Waals surface area contributed by atoms with Gasteiger partial charge < -0.3 is 14.8 Å². The fourth-order valence-corrected chi connectivity index (χ4v) is 4.17. The molecule has 1 N–H and O–H groups in total. The number of fused-ring (bicyclic) bond motifs is 1. The van der Waals surface area contributed by atoms with Crippen molar-refractivity contribution in [2.45, 2.75) is 6.42 Å². The van der Waals surface area contributed by atoms with Gasteiger partial charge in [-0.25, -0.2) is 0 Å². The van der Waals surface area contributed by atoms with Gasteiger partial charge in [-0.2, -0.15) is 5.26 Å². The van der Waals surface area contributed by atoms with Crippen LogP contribution in [0.15, 0.2) is 27.5 Å². The van der Waals surface area contributed by atoms with Crippen molar-refractivity contribution in [1.29, 1.82) is 5.26 Å². The Morgan fingerprint density at radius 1 is 1.39 bits per heavy atom. The van der Waals surface area contributed by atoms with Crippen molar-refractivity contribution < 1.29 is 0 Å². The summed E-state index contributed by atoms with van der Waals surface area (Å²) in [5.41, 5.74) is 2.01. The second-order valence-corrected chi connectivity index (χ2v) is 7.55. The molecule has 1 aromatic heterocycles. The molecule has 118 valence electrons. The maximum Gasteiger partial charge on any atom is 0.270 e. The van der Waals surface area contributed by atoms with Crippen LogP contribution in [0, 0.1) is 16.7 Å². The lowest BCUT2D eigenvalue weighted by molar-refractivity contribution is 0.200. The Kier molecular flexibility index (Phi) is 3.26. The number of anilines is 1. The maximum atomic E-state index is 12.6. The van der Waals surface area contributed by atoms with Gasteiger partial charge in [0.1, 0.15) is 11.6 Å². The van der Waals surface area contributed by atoms with Crippen LogP contribution in [0.5, 0.6) is 0 Å². The zero-order valence-corrected chi connectivity index (χ0v) is 14.5. The zero-order chi connectivity index (χ0) is 16.2. The molecule has 0 amide bonds. The van der Waals surface area contributed by atoms with Gasteiger partial charge in [-0.05, 0) is 24.6 Å². The highest BCUT2D eigenvalue weighted by atomic mass is 79.9. The number of rotatable bonds is 1. The Morgan fingerprint density at radius 2 is 2.17 bits per heavy atom. The maximum absolute atomic E-state index is 12.6. The molecular formula is C17H17BrN4O. The third-order valence-electron chi connectivity index (χ3n) is 5.20. The number of pyridine rings is 1. The first kappa shape index (κ1) is 14.7. The monoisotopic (exact) mass is 372 g/mol. The van der Waals surface area contributed by atoms with Crippen LogP contribution in [0.4, 0.5) is 5.69 Å². The van der Waals surface area contributed by atoms with Crippen molar-refractivity contribution in [2.75, 3.05) is 31.1 Å². The summed E-state index contributed by atoms with van der Waals surface area (Å²) < 4.78 is 2.50. The van der Waals surface area contributed by atoms with Gasteiger partial charge >= 0.3 is 0 Å². The van der Waals surface area contributed by atoms with E-state index < -0.39 is 0 Å². The SMILES string of the molecule is Cn1c(=O)c(C#N)c(N2CCC3(CNC3)C2)c2ccc(Br)cc21. The molecule has 2 aromatic rings. The van der Waals surface area contributed by atoms with Gasteiger partial charge in [-0.1, -0.05) is 15.9 Å². The number of nitrogens with one attached hydrogen (secondary N) is 1. The van der Waals surface area contributed by atoms with E-state index >= 15 is 0 Å². The number of aryl methyl sites for hydroxylation is 1. The van der Waals surface area contributed by atoms with Gasteiger partial charge in [0.05, 0.1) is 11.2 Å². The van der Waals surface area contributed by atoms with Crippen molar-refractivity contribution in [1.82, 2.24) is 9.88 Å². The van der Waals surface area contributed by atoms with Crippen LogP contribution in [0.2, 0.25) is 0 Å². The van der Waals surface area contributed by atoms with Gasteiger partial charge in [-0.3, -0.25) is 4.79 Å². The van der Waals surface area contributed by atoms with E-state index in [-0.39, 0.29) is 11.1 Å². The number of hydrogen-bond acceptors (Lipinski definition) is 4. The molecule has 0 radical (unpaired) electrons. The third kappa shape index (κ3) is 2.11. The van der Waals surface area contributed by atoms with Crippen molar-refractivity contribution in [3.05, 3.63) is 38.6 Å². The minimum atomic E-state index is -0.221. The summed E-state index contributed by atoms with van der Waals surface area (Å²) in [6.07, 6.45) is 1.11. The predicted octanol–water partition coefficient (Wildman–Crippen LogP) is 1.97. The Hall–Kier alpha value is -1.84. The summed E-state index contributed by atoms with van der Waals surface area (Å²) in [5, 5.41) is 13.9. The predicted molar refractivity (Wildman–Crippen MR) is 93.7 cm³/mol. The number of nitrogens with zero attached hydrogens (tertiary/aromatic N) is 3. The quantitative estimate of drug-likeness (QED) is 0.831. The fourth-order valence-electron chi connectivity index (χ4n) is 3.82. The first-order valence-electron chi connectivity index (χ1n) is 7.73. The molecule has 0 aliphatic carbocycles. The van der Waals surface area contributed by atoms with E-state index in [0.717, 1.165) is 53.7 Å². The molecule has 2 fully saturated rings. The average molecular weight is 373 g/mol. The summed E-state index contributed by atoms with van der Waals surface area (Å²) in [7, 11) is 1.73. The van der Waals surface area contributed by atoms with E-state index in [4.69, 9.17) is 0 Å². The first-order valence-corrected chi connectivity index (χ1v) is 8.52. The fraction of sp³-hybridized carbons (Fsp3) is 0.412. The van der Waals surface area contributed by atoms with E-state index in [1.165, 1.54) is 0 Å². The summed E-state index contributed by atoms with van der Waals surface area (Å²) in [6.45, 7) is 3.86. The Morgan fingerprint density at radius 3 is 2.78 bits per heavy atom. The normalized spacial score (nSPS) is 19.1. The van der Waals surface area contributed by atoms with Gasteiger partial charge in [0.15, 0.2) is 0 Å². The van der Waals surface area contributed by atoms with Crippen LogP contribution in [0.3, 0.4) is 0 Å². The number of benzene rings is 1. The van der Waals surface area contributed by atoms with E-state index in [2.05, 4.69) is 32.2 Å². The molecule has 5 nitrogen and oxygen atoms in total. The van der Waals surface area contributed by atoms with Crippen LogP contribution in [0.25, 0.3) is 10.9 Å². The summed E-state index contributed by atoms with van der Waals surface area (Å²) in [5.74, 6) is 0. The van der Waals surface area contributed by atoms with Crippen LogP contribution >= 0.6 is 15.9 Å². The van der Waals surface area contributed by atoms with Crippen LogP contribution < -0.4 is 15.8 Å². The number of nitriles is 1. The lowest BCUT2D eigenvalue weighted by Crippen LogP contribution is -2.54. The van der Waals surface area contributed by atoms with Gasteiger partial charge in [0, 0.05) is 48.5 Å². The van der Waals surface area contributed by atoms with Gasteiger partial charge in [0.2, 0.25) is 0 Å². The highest BCUT2D eigenvalue weighted by molar-refractivity contribution is 9.10. The van der Waals surface area contributed by atoms with E-state index in [0.29, 0.717) is 5.41 Å². The first-order chi connectivity index (χ1) is 11.0. The van der Waals surface area contributed by atoms with E-state index in [1.54, 1.807) is 11.6 Å². The topological polar surface area (TPSA) is 61.1 Å². The van der Waals surface area contributed by atoms with Gasteiger partial charge in [-0.15, -0.1) is 0 Å². The molecule has 6 heteroatoms. The molecular weight excluding hydrogens is 356 g/mol. The zero-order valence-electron chi connectivity index (χ0n) is 12.9. The van der Waals surface area contributed by atoms with Crippen LogP contribution in [-0.4, -0.2) is 30.7 Å². The molecule has 2 aliphatic rings. The molecule has 0 atom stereocenters. The second kappa shape index (κ2) is 5.08. The molecule has 0 saturated carbocycles. The number of aromatic nitrogens is 1. The molecule has 0 unspecified atom stereocenters. The highest BCUT2D eigenvalue weighted by Gasteiger charge is 2.43. The minimum Gasteiger partial charge on any atom is -0.369 e. The average Bonchev–Trinajstić information content (AvgIpc) is 2.96. The van der Waals surface area contributed by atoms with Crippen molar-refractivity contribution in [3.8, 4) is 6.07 Å². The summed E-state index contributed by atoms with van der Waals surface area (Å²) in [4.78, 5) is 14.9. The molecule has 23 heavy (non-hydrogen) atoms. The lowest BCUT2D eigenvalue weighted by atomic mass is 9.81. The molecule has 2 aliphatic heterocycles. The molecule has 2 saturated heterocycles. The molecule has 1 aromatic carbocycles. The van der Waals surface area contributed by atoms with E-state index in [1.807, 2.05) is 18.2 Å². The van der Waals surface area contributed by atoms with Crippen molar-refractivity contribution >= 4 is 32.5 Å². The van der Waals surface area contributed by atoms with Crippen molar-refractivity contribution in [2.24, 2.45) is 12.5 Å². The Bertz CT molecular complexity index is 907. The Labute approximate surface area is 142 Å². The lowest BCUT2D eigenvalue weighted by Gasteiger charge is -2.39. The Balaban J connectivity index is 1.96. The third-order valence-corrected chi connectivity index (χ3v) is 5.69. The van der Waals surface area contributed by atoms with Crippen molar-refractivity contribution in [3.63, 3.8) is 0 Å². The van der Waals surface area contributed by atoms with Crippen LogP contribution in [0.1, 0.15) is 12.0 Å². The number of halogens is 1. The van der Waals surface area contributed by atoms with Gasteiger partial charge in [0.25, 0.3) is 5.56 Å². The van der Waals surface area contributed by atoms with E-state index in [9.17, 15) is 10.1 Å². The summed E-state index contributed by atoms with van der Waals surface area (Å²) >= 11 is 3.47. The summed E-state index contributed by atoms with van der Waals surface area (Å²) in [6, 6.07) is 8.06. The number of hydrogen-bond donors (Lipinski definition) is 1.